The van der Waals surface area contributed by atoms with Gasteiger partial charge in [0.1, 0.15) is 0 Å². The maximum absolute atomic E-state index is 12.2. The van der Waals surface area contributed by atoms with Gasteiger partial charge in [-0.1, -0.05) is 37.3 Å². The van der Waals surface area contributed by atoms with Crippen molar-refractivity contribution in [3.63, 3.8) is 0 Å². The van der Waals surface area contributed by atoms with Crippen LogP contribution in [0.5, 0.6) is 0 Å². The van der Waals surface area contributed by atoms with E-state index >= 15 is 0 Å². The van der Waals surface area contributed by atoms with Gasteiger partial charge in [-0.2, -0.15) is 0 Å². The molecule has 2 aliphatic heterocycles. The summed E-state index contributed by atoms with van der Waals surface area (Å²) in [4.78, 5) is 14.8. The zero-order chi connectivity index (χ0) is 16.7. The van der Waals surface area contributed by atoms with Crippen molar-refractivity contribution in [3.05, 3.63) is 11.6 Å². The lowest BCUT2D eigenvalue weighted by Crippen LogP contribution is -2.43. The minimum atomic E-state index is 0.0941. The minimum Gasteiger partial charge on any atom is -0.465 e. The number of likely N-dealkylation sites (N-methyl/N-ethyl adjacent to an activating group) is 1. The predicted molar refractivity (Wildman–Crippen MR) is 95.5 cm³/mol. The number of ether oxygens (including phenoxy) is 1. The molecule has 4 rings (SSSR count). The number of nitrogens with zero attached hydrogens (tertiary/aromatic N) is 1. The van der Waals surface area contributed by atoms with Crippen LogP contribution in [0.4, 0.5) is 0 Å². The summed E-state index contributed by atoms with van der Waals surface area (Å²) in [6.07, 6.45) is 13.0. The van der Waals surface area contributed by atoms with Crippen molar-refractivity contribution in [2.45, 2.75) is 64.3 Å². The normalized spacial score (nSPS) is 43.9. The second-order valence-electron chi connectivity index (χ2n) is 8.82. The van der Waals surface area contributed by atoms with Gasteiger partial charge in [0.05, 0.1) is 12.5 Å². The van der Waals surface area contributed by atoms with Crippen LogP contribution in [0.15, 0.2) is 11.6 Å². The second kappa shape index (κ2) is 6.82. The molecule has 3 nitrogen and oxygen atoms in total. The minimum absolute atomic E-state index is 0.0941. The first-order valence-corrected chi connectivity index (χ1v) is 10.2. The van der Waals surface area contributed by atoms with E-state index in [0.29, 0.717) is 24.5 Å². The van der Waals surface area contributed by atoms with E-state index in [9.17, 15) is 4.79 Å². The van der Waals surface area contributed by atoms with Crippen LogP contribution in [0.2, 0.25) is 0 Å². The number of piperidine rings is 1. The average Bonchev–Trinajstić information content (AvgIpc) is 2.95. The van der Waals surface area contributed by atoms with E-state index in [1.165, 1.54) is 51.5 Å². The maximum Gasteiger partial charge on any atom is 0.309 e. The number of rotatable bonds is 2. The monoisotopic (exact) mass is 331 g/mol. The molecule has 0 N–H and O–H groups in total. The van der Waals surface area contributed by atoms with Crippen molar-refractivity contribution in [1.82, 2.24) is 4.90 Å². The zero-order valence-corrected chi connectivity index (χ0v) is 15.4. The molecule has 3 heteroatoms. The number of fused-ring (bicyclic) bond motifs is 2. The van der Waals surface area contributed by atoms with Gasteiger partial charge in [-0.3, -0.25) is 9.69 Å². The number of allylic oxidation sites excluding steroid dienone is 1. The molecule has 0 amide bonds. The van der Waals surface area contributed by atoms with Gasteiger partial charge in [0, 0.05) is 12.0 Å². The van der Waals surface area contributed by atoms with Crippen molar-refractivity contribution in [2.75, 3.05) is 20.2 Å². The Balaban J connectivity index is 1.60. The summed E-state index contributed by atoms with van der Waals surface area (Å²) < 4.78 is 5.52. The molecule has 4 fully saturated rings. The fourth-order valence-corrected chi connectivity index (χ4v) is 6.25. The number of likely N-dealkylation sites (tertiary alicyclic amines) is 1. The SMILES string of the molecule is C/C(=C\[C@H]1CCCCN1C)C1C2COC(=O)C2CC2CCCC[C@@H]21. The number of esters is 1. The van der Waals surface area contributed by atoms with E-state index in [1.807, 2.05) is 0 Å². The standard InChI is InChI=1S/C21H33NO2/c1-14(11-16-8-5-6-10-22(16)2)20-17-9-4-3-7-15(17)12-18-19(20)13-24-21(18)23/h11,15-20H,3-10,12-13H2,1-2H3/b14-11+/t15?,16-,17+,18?,19?,20?/m1/s1. The largest absolute Gasteiger partial charge is 0.465 e. The van der Waals surface area contributed by atoms with E-state index in [0.717, 1.165) is 18.3 Å². The summed E-state index contributed by atoms with van der Waals surface area (Å²) in [5.74, 6) is 2.85. The fraction of sp³-hybridized carbons (Fsp3) is 0.857. The summed E-state index contributed by atoms with van der Waals surface area (Å²) in [6.45, 7) is 4.24. The third-order valence-electron chi connectivity index (χ3n) is 7.49. The third-order valence-corrected chi connectivity index (χ3v) is 7.49. The van der Waals surface area contributed by atoms with E-state index in [4.69, 9.17) is 4.74 Å². The van der Waals surface area contributed by atoms with Gasteiger partial charge < -0.3 is 4.74 Å². The topological polar surface area (TPSA) is 29.5 Å². The van der Waals surface area contributed by atoms with Crippen molar-refractivity contribution in [3.8, 4) is 0 Å². The Bertz CT molecular complexity index is 514. The Labute approximate surface area is 146 Å². The first kappa shape index (κ1) is 16.6. The van der Waals surface area contributed by atoms with Gasteiger partial charge >= 0.3 is 5.97 Å². The number of carbonyl (C=O) groups is 1. The molecule has 0 aromatic heterocycles. The average molecular weight is 332 g/mol. The van der Waals surface area contributed by atoms with E-state index in [2.05, 4.69) is 24.9 Å². The van der Waals surface area contributed by atoms with Gasteiger partial charge in [-0.15, -0.1) is 0 Å². The third kappa shape index (κ3) is 2.94. The highest BCUT2D eigenvalue weighted by Gasteiger charge is 2.51. The molecule has 4 unspecified atom stereocenters. The Kier molecular flexibility index (Phi) is 4.73. The predicted octanol–water partition coefficient (Wildman–Crippen LogP) is 4.03. The van der Waals surface area contributed by atoms with E-state index < -0.39 is 0 Å². The molecule has 0 aromatic rings. The second-order valence-corrected chi connectivity index (χ2v) is 8.82. The number of hydrogen-bond donors (Lipinski definition) is 0. The van der Waals surface area contributed by atoms with Crippen molar-refractivity contribution < 1.29 is 9.53 Å². The molecular formula is C21H33NO2. The molecule has 0 radical (unpaired) electrons. The molecule has 2 saturated heterocycles. The lowest BCUT2D eigenvalue weighted by Gasteiger charge is -2.47. The van der Waals surface area contributed by atoms with E-state index in [1.54, 1.807) is 5.57 Å². The Morgan fingerprint density at radius 1 is 1.12 bits per heavy atom. The fourth-order valence-electron chi connectivity index (χ4n) is 6.25. The Hall–Kier alpha value is -0.830. The summed E-state index contributed by atoms with van der Waals surface area (Å²) in [5, 5.41) is 0. The highest BCUT2D eigenvalue weighted by Crippen LogP contribution is 2.53. The molecule has 134 valence electrons. The molecule has 4 aliphatic rings. The number of carbonyl (C=O) groups excluding carboxylic acids is 1. The summed E-state index contributed by atoms with van der Waals surface area (Å²) in [6, 6.07) is 0.596. The van der Waals surface area contributed by atoms with Crippen molar-refractivity contribution >= 4 is 5.97 Å². The molecule has 0 bridgehead atoms. The lowest BCUT2D eigenvalue weighted by atomic mass is 9.57. The Morgan fingerprint density at radius 2 is 1.92 bits per heavy atom. The lowest BCUT2D eigenvalue weighted by molar-refractivity contribution is -0.142. The smallest absolute Gasteiger partial charge is 0.309 e. The molecule has 0 aromatic carbocycles. The van der Waals surface area contributed by atoms with Gasteiger partial charge in [0.2, 0.25) is 0 Å². The van der Waals surface area contributed by atoms with Crippen LogP contribution < -0.4 is 0 Å². The summed E-state index contributed by atoms with van der Waals surface area (Å²) in [5.41, 5.74) is 1.55. The molecule has 2 saturated carbocycles. The number of hydrogen-bond acceptors (Lipinski definition) is 3. The van der Waals surface area contributed by atoms with Crippen LogP contribution in [0.1, 0.15) is 58.3 Å². The van der Waals surface area contributed by atoms with Gasteiger partial charge in [0.25, 0.3) is 0 Å². The van der Waals surface area contributed by atoms with Gasteiger partial charge in [-0.25, -0.2) is 0 Å². The highest BCUT2D eigenvalue weighted by molar-refractivity contribution is 5.75. The molecule has 24 heavy (non-hydrogen) atoms. The maximum atomic E-state index is 12.2. The van der Waals surface area contributed by atoms with Crippen molar-refractivity contribution in [2.24, 2.45) is 29.6 Å². The highest BCUT2D eigenvalue weighted by atomic mass is 16.5. The quantitative estimate of drug-likeness (QED) is 0.565. The van der Waals surface area contributed by atoms with Crippen LogP contribution in [0, 0.1) is 29.6 Å². The Morgan fingerprint density at radius 3 is 2.75 bits per heavy atom. The number of cyclic esters (lactones) is 1. The van der Waals surface area contributed by atoms with Crippen LogP contribution in [0.25, 0.3) is 0 Å². The van der Waals surface area contributed by atoms with E-state index in [-0.39, 0.29) is 11.9 Å². The van der Waals surface area contributed by atoms with Crippen LogP contribution in [0.3, 0.4) is 0 Å². The van der Waals surface area contributed by atoms with Gasteiger partial charge in [-0.05, 0) is 64.0 Å². The molecule has 2 aliphatic carbocycles. The molecule has 6 atom stereocenters. The van der Waals surface area contributed by atoms with Crippen molar-refractivity contribution in [1.29, 1.82) is 0 Å². The first-order chi connectivity index (χ1) is 11.6. The van der Waals surface area contributed by atoms with Gasteiger partial charge in [0.15, 0.2) is 0 Å². The molecule has 0 spiro atoms. The molecular weight excluding hydrogens is 298 g/mol. The zero-order valence-electron chi connectivity index (χ0n) is 15.4. The molecule has 2 heterocycles. The van der Waals surface area contributed by atoms with Crippen LogP contribution in [-0.2, 0) is 9.53 Å². The van der Waals surface area contributed by atoms with Crippen LogP contribution >= 0.6 is 0 Å². The summed E-state index contributed by atoms with van der Waals surface area (Å²) >= 11 is 0. The summed E-state index contributed by atoms with van der Waals surface area (Å²) in [7, 11) is 2.27. The van der Waals surface area contributed by atoms with Crippen LogP contribution in [-0.4, -0.2) is 37.1 Å². The first-order valence-electron chi connectivity index (χ1n) is 10.2.